The van der Waals surface area contributed by atoms with Crippen LogP contribution >= 0.6 is 0 Å². The Morgan fingerprint density at radius 1 is 0.403 bits per heavy atom. The van der Waals surface area contributed by atoms with E-state index in [0.717, 1.165) is 73.6 Å². The molecule has 0 aliphatic heterocycles. The fraction of sp³-hybridized carbons (Fsp3) is 0.586. The lowest BCUT2D eigenvalue weighted by molar-refractivity contribution is 0.0781. The van der Waals surface area contributed by atoms with Crippen molar-refractivity contribution in [3.05, 3.63) is 117 Å². The Morgan fingerprint density at radius 2 is 0.613 bits per heavy atom. The summed E-state index contributed by atoms with van der Waals surface area (Å²) >= 11 is 0. The van der Waals surface area contributed by atoms with E-state index in [1.165, 1.54) is 35.1 Å². The molecule has 4 nitrogen and oxygen atoms in total. The number of benzene rings is 4. The van der Waals surface area contributed by atoms with Crippen LogP contribution in [0.4, 0.5) is 0 Å². The Bertz CT molecular complexity index is 1890. The Labute approximate surface area is 376 Å². The van der Waals surface area contributed by atoms with Crippen molar-refractivity contribution in [2.45, 2.75) is 194 Å². The predicted octanol–water partition coefficient (Wildman–Crippen LogP) is 15.4. The number of phenolic OH excluding ortho intramolecular Hbond substituents is 4. The standard InChI is InChI=1S/C58H82O4/c1-15-43(37-25-29-57(30-26-37,39-17-21-49(59)45(33-39)53(3,4)5)40-18-22-50(60)46(34-40)54(6,7)8)44(16-2)38-27-31-58(32-28-38,41-19-23-51(61)47(35-41)55(9,10)11)42-20-24-52(62)48(36-42)56(12,13)14/h17-24,33-38,43-44,59-62H,15-16,25-32H2,1-14H3. The number of hydrogen-bond donors (Lipinski definition) is 4. The van der Waals surface area contributed by atoms with Gasteiger partial charge in [0, 0.05) is 10.8 Å². The molecule has 4 aromatic rings. The van der Waals surface area contributed by atoms with Crippen LogP contribution in [0.15, 0.2) is 72.8 Å². The zero-order chi connectivity index (χ0) is 45.8. The smallest absolute Gasteiger partial charge is 0.119 e. The van der Waals surface area contributed by atoms with Crippen molar-refractivity contribution in [1.29, 1.82) is 0 Å². The first kappa shape index (κ1) is 47.6. The van der Waals surface area contributed by atoms with Gasteiger partial charge in [-0.2, -0.15) is 0 Å². The average Bonchev–Trinajstić information content (AvgIpc) is 3.19. The minimum absolute atomic E-state index is 0.197. The van der Waals surface area contributed by atoms with Gasteiger partial charge in [-0.3, -0.25) is 0 Å². The van der Waals surface area contributed by atoms with Crippen LogP contribution in [0.2, 0.25) is 0 Å². The zero-order valence-electron chi connectivity index (χ0n) is 41.1. The van der Waals surface area contributed by atoms with Crippen molar-refractivity contribution in [2.75, 3.05) is 0 Å². The Kier molecular flexibility index (Phi) is 13.2. The molecule has 2 fully saturated rings. The van der Waals surface area contributed by atoms with Crippen LogP contribution < -0.4 is 0 Å². The summed E-state index contributed by atoms with van der Waals surface area (Å²) in [5.41, 5.74) is 7.85. The molecule has 0 amide bonds. The molecule has 4 N–H and O–H groups in total. The molecule has 0 radical (unpaired) electrons. The summed E-state index contributed by atoms with van der Waals surface area (Å²) in [6, 6.07) is 25.5. The maximum Gasteiger partial charge on any atom is 0.119 e. The molecular weight excluding hydrogens is 761 g/mol. The molecule has 0 saturated heterocycles. The van der Waals surface area contributed by atoms with Gasteiger partial charge in [-0.15, -0.1) is 0 Å². The van der Waals surface area contributed by atoms with Crippen molar-refractivity contribution in [2.24, 2.45) is 23.7 Å². The summed E-state index contributed by atoms with van der Waals surface area (Å²) in [7, 11) is 0. The second-order valence-corrected chi connectivity index (χ2v) is 23.9. The van der Waals surface area contributed by atoms with Gasteiger partial charge in [-0.05, 0) is 165 Å². The van der Waals surface area contributed by atoms with E-state index in [1.54, 1.807) is 0 Å². The third kappa shape index (κ3) is 9.19. The van der Waals surface area contributed by atoms with Crippen molar-refractivity contribution in [3.63, 3.8) is 0 Å². The first-order chi connectivity index (χ1) is 28.8. The van der Waals surface area contributed by atoms with Crippen molar-refractivity contribution >= 4 is 0 Å². The number of phenols is 4. The maximum absolute atomic E-state index is 11.1. The fourth-order valence-corrected chi connectivity index (χ4v) is 12.3. The van der Waals surface area contributed by atoms with Crippen LogP contribution in [0.25, 0.3) is 0 Å². The highest BCUT2D eigenvalue weighted by atomic mass is 16.3. The molecule has 338 valence electrons. The van der Waals surface area contributed by atoms with Gasteiger partial charge in [0.1, 0.15) is 23.0 Å². The van der Waals surface area contributed by atoms with E-state index in [-0.39, 0.29) is 32.5 Å². The molecule has 4 heteroatoms. The third-order valence-electron chi connectivity index (χ3n) is 15.9. The molecule has 62 heavy (non-hydrogen) atoms. The summed E-state index contributed by atoms with van der Waals surface area (Å²) in [6.45, 7) is 31.0. The summed E-state index contributed by atoms with van der Waals surface area (Å²) in [5, 5.41) is 44.4. The first-order valence-electron chi connectivity index (χ1n) is 24.1. The molecule has 2 aliphatic rings. The largest absolute Gasteiger partial charge is 0.508 e. The highest BCUT2D eigenvalue weighted by Crippen LogP contribution is 2.56. The lowest BCUT2D eigenvalue weighted by Crippen LogP contribution is -2.40. The lowest BCUT2D eigenvalue weighted by atomic mass is 9.56. The summed E-state index contributed by atoms with van der Waals surface area (Å²) in [6.07, 6.45) is 11.1. The summed E-state index contributed by atoms with van der Waals surface area (Å²) in [5.74, 6) is 3.96. The zero-order valence-corrected chi connectivity index (χ0v) is 41.1. The van der Waals surface area contributed by atoms with Crippen LogP contribution in [0, 0.1) is 23.7 Å². The Hall–Kier alpha value is -3.92. The average molecular weight is 843 g/mol. The van der Waals surface area contributed by atoms with Crippen LogP contribution in [-0.2, 0) is 32.5 Å². The number of hydrogen-bond acceptors (Lipinski definition) is 4. The Morgan fingerprint density at radius 3 is 0.790 bits per heavy atom. The van der Waals surface area contributed by atoms with Crippen LogP contribution in [-0.4, -0.2) is 20.4 Å². The van der Waals surface area contributed by atoms with Crippen molar-refractivity contribution < 1.29 is 20.4 Å². The molecule has 4 aromatic carbocycles. The molecule has 0 heterocycles. The molecule has 2 saturated carbocycles. The molecule has 0 bridgehead atoms. The quantitative estimate of drug-likeness (QED) is 0.135. The molecule has 0 spiro atoms. The SMILES string of the molecule is CCC(C1CCC(c2ccc(O)c(C(C)(C)C)c2)(c2ccc(O)c(C(C)(C)C)c2)CC1)C(CC)C1CCC(c2ccc(O)c(C(C)(C)C)c2)(c2ccc(O)c(C(C)(C)C)c2)CC1. The minimum atomic E-state index is -0.214. The van der Waals surface area contributed by atoms with Gasteiger partial charge >= 0.3 is 0 Å². The molecule has 2 unspecified atom stereocenters. The topological polar surface area (TPSA) is 80.9 Å². The van der Waals surface area contributed by atoms with Crippen LogP contribution in [0.3, 0.4) is 0 Å². The molecule has 2 aliphatic carbocycles. The summed E-state index contributed by atoms with van der Waals surface area (Å²) in [4.78, 5) is 0. The number of rotatable bonds is 9. The van der Waals surface area contributed by atoms with Gasteiger partial charge in [-0.25, -0.2) is 0 Å². The highest BCUT2D eigenvalue weighted by Gasteiger charge is 2.46. The first-order valence-corrected chi connectivity index (χ1v) is 24.1. The lowest BCUT2D eigenvalue weighted by Gasteiger charge is -2.48. The van der Waals surface area contributed by atoms with Crippen LogP contribution in [0.5, 0.6) is 23.0 Å². The van der Waals surface area contributed by atoms with E-state index in [0.29, 0.717) is 46.7 Å². The van der Waals surface area contributed by atoms with Crippen molar-refractivity contribution in [3.8, 4) is 23.0 Å². The van der Waals surface area contributed by atoms with Gasteiger partial charge in [0.2, 0.25) is 0 Å². The fourth-order valence-electron chi connectivity index (χ4n) is 12.3. The second-order valence-electron chi connectivity index (χ2n) is 23.9. The van der Waals surface area contributed by atoms with Gasteiger partial charge in [-0.1, -0.05) is 158 Å². The van der Waals surface area contributed by atoms with Crippen molar-refractivity contribution in [1.82, 2.24) is 0 Å². The molecular formula is C58H82O4. The molecule has 0 aromatic heterocycles. The molecule has 6 rings (SSSR count). The third-order valence-corrected chi connectivity index (χ3v) is 15.9. The van der Waals surface area contributed by atoms with Gasteiger partial charge in [0.25, 0.3) is 0 Å². The van der Waals surface area contributed by atoms with E-state index in [2.05, 4.69) is 145 Å². The molecule has 2 atom stereocenters. The predicted molar refractivity (Wildman–Crippen MR) is 260 cm³/mol. The van der Waals surface area contributed by atoms with E-state index >= 15 is 0 Å². The highest BCUT2D eigenvalue weighted by molar-refractivity contribution is 5.53. The van der Waals surface area contributed by atoms with Gasteiger partial charge in [0.05, 0.1) is 0 Å². The van der Waals surface area contributed by atoms with Gasteiger partial charge < -0.3 is 20.4 Å². The van der Waals surface area contributed by atoms with Gasteiger partial charge in [0.15, 0.2) is 0 Å². The normalized spacial score (nSPS) is 19.0. The van der Waals surface area contributed by atoms with E-state index in [4.69, 9.17) is 0 Å². The van der Waals surface area contributed by atoms with E-state index in [1.807, 2.05) is 24.3 Å². The maximum atomic E-state index is 11.1. The summed E-state index contributed by atoms with van der Waals surface area (Å²) < 4.78 is 0. The van der Waals surface area contributed by atoms with E-state index < -0.39 is 0 Å². The minimum Gasteiger partial charge on any atom is -0.508 e. The van der Waals surface area contributed by atoms with Crippen LogP contribution in [0.1, 0.15) is 206 Å². The monoisotopic (exact) mass is 843 g/mol. The Balaban J connectivity index is 1.33. The second kappa shape index (κ2) is 17.2. The number of aromatic hydroxyl groups is 4. The van der Waals surface area contributed by atoms with E-state index in [9.17, 15) is 20.4 Å².